The third kappa shape index (κ3) is 4.75. The first-order valence-electron chi connectivity index (χ1n) is 8.37. The lowest BCUT2D eigenvalue weighted by molar-refractivity contribution is 0.187. The van der Waals surface area contributed by atoms with E-state index in [0.29, 0.717) is 12.3 Å². The van der Waals surface area contributed by atoms with Gasteiger partial charge in [0.1, 0.15) is 12.4 Å². The van der Waals surface area contributed by atoms with Gasteiger partial charge in [0.2, 0.25) is 0 Å². The fourth-order valence-electron chi connectivity index (χ4n) is 2.70. The monoisotopic (exact) mass is 405 g/mol. The number of anilines is 1. The van der Waals surface area contributed by atoms with Crippen molar-refractivity contribution >= 4 is 27.7 Å². The van der Waals surface area contributed by atoms with Crippen molar-refractivity contribution in [1.82, 2.24) is 0 Å². The first kappa shape index (κ1) is 19.3. The molecular formula is C20H24BrNO3. The highest BCUT2D eigenvalue weighted by Crippen LogP contribution is 2.29. The largest absolute Gasteiger partial charge is 0.488 e. The quantitative estimate of drug-likeness (QED) is 0.676. The second-order valence-corrected chi connectivity index (χ2v) is 6.62. The SMILES string of the molecule is CCc1cc(CC)c(OCc2c(Br)cccc2NC(=O)OC)cc1C. The number of amides is 1. The van der Waals surface area contributed by atoms with Gasteiger partial charge in [-0.1, -0.05) is 41.9 Å². The van der Waals surface area contributed by atoms with Crippen LogP contribution < -0.4 is 10.1 Å². The molecule has 0 heterocycles. The molecule has 0 aliphatic carbocycles. The van der Waals surface area contributed by atoms with Crippen LogP contribution in [0.1, 0.15) is 36.1 Å². The minimum atomic E-state index is -0.503. The van der Waals surface area contributed by atoms with Crippen molar-refractivity contribution in [1.29, 1.82) is 0 Å². The molecule has 0 fully saturated rings. The van der Waals surface area contributed by atoms with E-state index in [1.54, 1.807) is 0 Å². The Morgan fingerprint density at radius 3 is 2.52 bits per heavy atom. The molecule has 0 aromatic heterocycles. The molecule has 0 aliphatic rings. The minimum absolute atomic E-state index is 0.346. The standard InChI is InChI=1S/C20H24BrNO3/c1-5-14-11-15(6-2)19(10-13(14)3)25-12-16-17(21)8-7-9-18(16)22-20(23)24-4/h7-11H,5-6,12H2,1-4H3,(H,22,23). The molecule has 0 saturated carbocycles. The third-order valence-corrected chi connectivity index (χ3v) is 4.94. The predicted molar refractivity (Wildman–Crippen MR) is 104 cm³/mol. The van der Waals surface area contributed by atoms with E-state index in [1.807, 2.05) is 18.2 Å². The van der Waals surface area contributed by atoms with Crippen LogP contribution in [0.4, 0.5) is 10.5 Å². The Morgan fingerprint density at radius 2 is 1.88 bits per heavy atom. The van der Waals surface area contributed by atoms with Gasteiger partial charge in [0.25, 0.3) is 0 Å². The van der Waals surface area contributed by atoms with Crippen LogP contribution in [-0.4, -0.2) is 13.2 Å². The molecule has 1 amide bonds. The number of benzene rings is 2. The van der Waals surface area contributed by atoms with Gasteiger partial charge in [0, 0.05) is 10.0 Å². The molecule has 0 saturated heterocycles. The van der Waals surface area contributed by atoms with Crippen molar-refractivity contribution in [2.75, 3.05) is 12.4 Å². The summed E-state index contributed by atoms with van der Waals surface area (Å²) < 4.78 is 11.7. The van der Waals surface area contributed by atoms with Crippen molar-refractivity contribution in [3.63, 3.8) is 0 Å². The molecule has 2 rings (SSSR count). The maximum absolute atomic E-state index is 11.5. The summed E-state index contributed by atoms with van der Waals surface area (Å²) in [5.74, 6) is 0.886. The number of ether oxygens (including phenoxy) is 2. The predicted octanol–water partition coefficient (Wildman–Crippen LogP) is 5.64. The molecule has 134 valence electrons. The van der Waals surface area contributed by atoms with Crippen molar-refractivity contribution < 1.29 is 14.3 Å². The summed E-state index contributed by atoms with van der Waals surface area (Å²) in [6.45, 7) is 6.74. The van der Waals surface area contributed by atoms with E-state index >= 15 is 0 Å². The van der Waals surface area contributed by atoms with E-state index in [9.17, 15) is 4.79 Å². The summed E-state index contributed by atoms with van der Waals surface area (Å²) in [6.07, 6.45) is 1.42. The van der Waals surface area contributed by atoms with Gasteiger partial charge < -0.3 is 9.47 Å². The van der Waals surface area contributed by atoms with Gasteiger partial charge in [-0.05, 0) is 54.7 Å². The van der Waals surface area contributed by atoms with E-state index in [1.165, 1.54) is 23.8 Å². The number of hydrogen-bond acceptors (Lipinski definition) is 3. The van der Waals surface area contributed by atoms with Crippen LogP contribution in [0.15, 0.2) is 34.8 Å². The maximum Gasteiger partial charge on any atom is 0.411 e. The van der Waals surface area contributed by atoms with Gasteiger partial charge in [-0.15, -0.1) is 0 Å². The van der Waals surface area contributed by atoms with Crippen LogP contribution in [0.5, 0.6) is 5.75 Å². The van der Waals surface area contributed by atoms with Gasteiger partial charge in [-0.2, -0.15) is 0 Å². The van der Waals surface area contributed by atoms with E-state index in [4.69, 9.17) is 4.74 Å². The van der Waals surface area contributed by atoms with Crippen molar-refractivity contribution in [3.8, 4) is 5.75 Å². The summed E-state index contributed by atoms with van der Waals surface area (Å²) in [6, 6.07) is 9.93. The maximum atomic E-state index is 11.5. The normalized spacial score (nSPS) is 10.4. The Bertz CT molecular complexity index is 759. The third-order valence-electron chi connectivity index (χ3n) is 4.19. The summed E-state index contributed by atoms with van der Waals surface area (Å²) in [4.78, 5) is 11.5. The molecule has 5 heteroatoms. The molecule has 0 unspecified atom stereocenters. The Balaban J connectivity index is 2.27. The average Bonchev–Trinajstić information content (AvgIpc) is 2.61. The number of hydrogen-bond donors (Lipinski definition) is 1. The Hall–Kier alpha value is -2.01. The number of aryl methyl sites for hydroxylation is 3. The van der Waals surface area contributed by atoms with Crippen LogP contribution in [0.2, 0.25) is 0 Å². The van der Waals surface area contributed by atoms with E-state index in [0.717, 1.165) is 28.6 Å². The molecule has 0 atom stereocenters. The Labute approximate surface area is 157 Å². The lowest BCUT2D eigenvalue weighted by atomic mass is 10.0. The van der Waals surface area contributed by atoms with Gasteiger partial charge >= 0.3 is 6.09 Å². The molecular weight excluding hydrogens is 382 g/mol. The van der Waals surface area contributed by atoms with Crippen LogP contribution in [0.3, 0.4) is 0 Å². The van der Waals surface area contributed by atoms with Gasteiger partial charge in [-0.25, -0.2) is 4.79 Å². The summed E-state index contributed by atoms with van der Waals surface area (Å²) in [7, 11) is 1.34. The smallest absolute Gasteiger partial charge is 0.411 e. The van der Waals surface area contributed by atoms with E-state index in [2.05, 4.69) is 58.9 Å². The van der Waals surface area contributed by atoms with Gasteiger partial charge in [0.05, 0.1) is 12.8 Å². The van der Waals surface area contributed by atoms with E-state index in [-0.39, 0.29) is 0 Å². The molecule has 0 aliphatic heterocycles. The van der Waals surface area contributed by atoms with Crippen LogP contribution in [0, 0.1) is 6.92 Å². The lowest BCUT2D eigenvalue weighted by Crippen LogP contribution is -2.13. The number of halogens is 1. The highest BCUT2D eigenvalue weighted by atomic mass is 79.9. The van der Waals surface area contributed by atoms with Gasteiger partial charge in [0.15, 0.2) is 0 Å². The molecule has 1 N–H and O–H groups in total. The molecule has 25 heavy (non-hydrogen) atoms. The zero-order chi connectivity index (χ0) is 18.4. The van der Waals surface area contributed by atoms with Crippen molar-refractivity contribution in [2.45, 2.75) is 40.2 Å². The zero-order valence-corrected chi connectivity index (χ0v) is 16.7. The summed E-state index contributed by atoms with van der Waals surface area (Å²) in [5, 5.41) is 2.72. The Kier molecular flexibility index (Phi) is 6.88. The molecule has 0 bridgehead atoms. The topological polar surface area (TPSA) is 47.6 Å². The molecule has 0 spiro atoms. The number of carbonyl (C=O) groups excluding carboxylic acids is 1. The molecule has 4 nitrogen and oxygen atoms in total. The van der Waals surface area contributed by atoms with Crippen molar-refractivity contribution in [3.05, 3.63) is 57.1 Å². The second kappa shape index (κ2) is 8.90. The first-order chi connectivity index (χ1) is 12.0. The number of nitrogens with one attached hydrogen (secondary N) is 1. The number of carbonyl (C=O) groups is 1. The minimum Gasteiger partial charge on any atom is -0.488 e. The van der Waals surface area contributed by atoms with Crippen LogP contribution in [0.25, 0.3) is 0 Å². The average molecular weight is 406 g/mol. The highest BCUT2D eigenvalue weighted by molar-refractivity contribution is 9.10. The number of rotatable bonds is 6. The fraction of sp³-hybridized carbons (Fsp3) is 0.350. The first-order valence-corrected chi connectivity index (χ1v) is 9.16. The Morgan fingerprint density at radius 1 is 1.16 bits per heavy atom. The highest BCUT2D eigenvalue weighted by Gasteiger charge is 2.13. The van der Waals surface area contributed by atoms with Crippen LogP contribution >= 0.6 is 15.9 Å². The van der Waals surface area contributed by atoms with Gasteiger partial charge in [-0.3, -0.25) is 5.32 Å². The summed E-state index contributed by atoms with van der Waals surface area (Å²) >= 11 is 3.53. The zero-order valence-electron chi connectivity index (χ0n) is 15.1. The molecule has 2 aromatic rings. The fourth-order valence-corrected chi connectivity index (χ4v) is 3.18. The van der Waals surface area contributed by atoms with Crippen molar-refractivity contribution in [2.24, 2.45) is 0 Å². The van der Waals surface area contributed by atoms with E-state index < -0.39 is 6.09 Å². The van der Waals surface area contributed by atoms with Crippen LogP contribution in [-0.2, 0) is 24.2 Å². The molecule has 2 aromatic carbocycles. The lowest BCUT2D eigenvalue weighted by Gasteiger charge is -2.17. The second-order valence-electron chi connectivity index (χ2n) is 5.76. The molecule has 0 radical (unpaired) electrons. The summed E-state index contributed by atoms with van der Waals surface area (Å²) in [5.41, 5.74) is 5.30. The number of methoxy groups -OCH3 is 1.